The lowest BCUT2D eigenvalue weighted by molar-refractivity contribution is -0.119. The van der Waals surface area contributed by atoms with Crippen LogP contribution in [-0.4, -0.2) is 17.4 Å². The van der Waals surface area contributed by atoms with E-state index in [1.165, 1.54) is 0 Å². The van der Waals surface area contributed by atoms with Gasteiger partial charge in [0.25, 0.3) is 0 Å². The van der Waals surface area contributed by atoms with Crippen molar-refractivity contribution >= 4 is 11.6 Å². The van der Waals surface area contributed by atoms with Gasteiger partial charge in [-0.15, -0.1) is 0 Å². The average molecular weight is 269 g/mol. The largest absolute Gasteiger partial charge is 0.330 e. The molecule has 1 atom stereocenters. The minimum atomic E-state index is -0.195. The summed E-state index contributed by atoms with van der Waals surface area (Å²) < 4.78 is 0. The number of nitrogens with one attached hydrogen (secondary N) is 1. The van der Waals surface area contributed by atoms with Crippen molar-refractivity contribution in [3.63, 3.8) is 0 Å². The van der Waals surface area contributed by atoms with E-state index in [2.05, 4.69) is 10.3 Å². The Labute approximate surface area is 119 Å². The van der Waals surface area contributed by atoms with Crippen molar-refractivity contribution < 1.29 is 4.79 Å². The van der Waals surface area contributed by atoms with Crippen molar-refractivity contribution in [1.29, 1.82) is 0 Å². The topological polar surface area (TPSA) is 68.0 Å². The van der Waals surface area contributed by atoms with Crippen LogP contribution < -0.4 is 11.1 Å². The molecule has 0 spiro atoms. The first-order chi connectivity index (χ1) is 9.61. The van der Waals surface area contributed by atoms with Crippen molar-refractivity contribution in [3.05, 3.63) is 48.3 Å². The lowest BCUT2D eigenvalue weighted by Gasteiger charge is -2.13. The van der Waals surface area contributed by atoms with Crippen molar-refractivity contribution in [2.75, 3.05) is 11.9 Å². The van der Waals surface area contributed by atoms with E-state index in [-0.39, 0.29) is 11.8 Å². The number of aryl methyl sites for hydroxylation is 1. The molecule has 3 N–H and O–H groups in total. The first-order valence-corrected chi connectivity index (χ1v) is 6.64. The zero-order valence-corrected chi connectivity index (χ0v) is 11.8. The van der Waals surface area contributed by atoms with Crippen molar-refractivity contribution in [2.45, 2.75) is 13.8 Å². The third-order valence-electron chi connectivity index (χ3n) is 3.31. The Morgan fingerprint density at radius 1 is 1.25 bits per heavy atom. The van der Waals surface area contributed by atoms with Gasteiger partial charge in [-0.3, -0.25) is 9.78 Å². The quantitative estimate of drug-likeness (QED) is 0.896. The summed E-state index contributed by atoms with van der Waals surface area (Å²) in [5, 5.41) is 2.94. The zero-order valence-electron chi connectivity index (χ0n) is 11.8. The minimum absolute atomic E-state index is 0.0533. The second-order valence-electron chi connectivity index (χ2n) is 4.89. The highest BCUT2D eigenvalue weighted by Crippen LogP contribution is 2.25. The number of carbonyl (C=O) groups is 1. The van der Waals surface area contributed by atoms with E-state index in [0.29, 0.717) is 6.54 Å². The van der Waals surface area contributed by atoms with E-state index < -0.39 is 0 Å². The lowest BCUT2D eigenvalue weighted by atomic mass is 10.0. The van der Waals surface area contributed by atoms with E-state index in [9.17, 15) is 4.79 Å². The Kier molecular flexibility index (Phi) is 4.48. The summed E-state index contributed by atoms with van der Waals surface area (Å²) in [5.74, 6) is -0.249. The summed E-state index contributed by atoms with van der Waals surface area (Å²) in [6.45, 7) is 4.13. The van der Waals surface area contributed by atoms with Crippen LogP contribution in [0.5, 0.6) is 0 Å². The molecule has 2 rings (SSSR count). The fourth-order valence-corrected chi connectivity index (χ4v) is 1.84. The Bertz CT molecular complexity index is 596. The molecule has 1 unspecified atom stereocenters. The maximum atomic E-state index is 11.9. The first-order valence-electron chi connectivity index (χ1n) is 6.64. The molecule has 0 aliphatic carbocycles. The van der Waals surface area contributed by atoms with E-state index in [0.717, 1.165) is 22.4 Å². The Hall–Kier alpha value is -2.20. The number of aromatic nitrogens is 1. The Morgan fingerprint density at radius 3 is 2.60 bits per heavy atom. The molecule has 4 heteroatoms. The molecule has 1 aromatic heterocycles. The maximum absolute atomic E-state index is 11.9. The van der Waals surface area contributed by atoms with Gasteiger partial charge in [0.1, 0.15) is 0 Å². The number of carbonyl (C=O) groups excluding carboxylic acids is 1. The number of pyridine rings is 1. The number of anilines is 1. The molecule has 0 fully saturated rings. The van der Waals surface area contributed by atoms with Gasteiger partial charge in [0.2, 0.25) is 5.91 Å². The molecule has 0 aliphatic heterocycles. The molecule has 0 radical (unpaired) electrons. The second-order valence-corrected chi connectivity index (χ2v) is 4.89. The lowest BCUT2D eigenvalue weighted by Crippen LogP contribution is -2.26. The number of amides is 1. The Morgan fingerprint density at radius 2 is 1.95 bits per heavy atom. The molecule has 104 valence electrons. The summed E-state index contributed by atoms with van der Waals surface area (Å²) in [4.78, 5) is 16.0. The van der Waals surface area contributed by atoms with Gasteiger partial charge in [-0.2, -0.15) is 0 Å². The number of benzene rings is 1. The monoisotopic (exact) mass is 269 g/mol. The molecule has 20 heavy (non-hydrogen) atoms. The van der Waals surface area contributed by atoms with Gasteiger partial charge >= 0.3 is 0 Å². The third-order valence-corrected chi connectivity index (χ3v) is 3.31. The average Bonchev–Trinajstić information content (AvgIpc) is 2.49. The smallest absolute Gasteiger partial charge is 0.228 e. The molecule has 4 nitrogen and oxygen atoms in total. The van der Waals surface area contributed by atoms with Crippen LogP contribution in [0.3, 0.4) is 0 Å². The molecule has 1 amide bonds. The molecule has 1 heterocycles. The van der Waals surface area contributed by atoms with Crippen LogP contribution in [0.25, 0.3) is 11.1 Å². The van der Waals surface area contributed by atoms with Gasteiger partial charge in [0.15, 0.2) is 0 Å². The summed E-state index contributed by atoms with van der Waals surface area (Å²) in [5.41, 5.74) is 9.49. The standard InChI is InChI=1S/C16H19N3O/c1-11-3-4-14(13-5-7-18-8-6-13)9-15(11)19-16(20)12(2)10-17/h3-9,12H,10,17H2,1-2H3,(H,19,20). The molecule has 1 aromatic carbocycles. The summed E-state index contributed by atoms with van der Waals surface area (Å²) in [6, 6.07) is 9.90. The van der Waals surface area contributed by atoms with E-state index >= 15 is 0 Å². The van der Waals surface area contributed by atoms with Crippen LogP contribution in [0.2, 0.25) is 0 Å². The van der Waals surface area contributed by atoms with Crippen molar-refractivity contribution in [3.8, 4) is 11.1 Å². The number of hydrogen-bond acceptors (Lipinski definition) is 3. The van der Waals surface area contributed by atoms with Gasteiger partial charge in [0.05, 0.1) is 0 Å². The highest BCUT2D eigenvalue weighted by atomic mass is 16.1. The SMILES string of the molecule is Cc1ccc(-c2ccncc2)cc1NC(=O)C(C)CN. The van der Waals surface area contributed by atoms with Gasteiger partial charge in [-0.1, -0.05) is 19.1 Å². The molecule has 0 saturated carbocycles. The van der Waals surface area contributed by atoms with Crippen LogP contribution in [0, 0.1) is 12.8 Å². The van der Waals surface area contributed by atoms with Gasteiger partial charge in [-0.25, -0.2) is 0 Å². The van der Waals surface area contributed by atoms with Crippen LogP contribution in [-0.2, 0) is 4.79 Å². The molecular weight excluding hydrogens is 250 g/mol. The van der Waals surface area contributed by atoms with Crippen molar-refractivity contribution in [1.82, 2.24) is 4.98 Å². The van der Waals surface area contributed by atoms with Crippen LogP contribution in [0.1, 0.15) is 12.5 Å². The van der Waals surface area contributed by atoms with Gasteiger partial charge in [0, 0.05) is 30.5 Å². The molecule has 0 saturated heterocycles. The van der Waals surface area contributed by atoms with Crippen LogP contribution in [0.15, 0.2) is 42.7 Å². The maximum Gasteiger partial charge on any atom is 0.228 e. The zero-order chi connectivity index (χ0) is 14.5. The highest BCUT2D eigenvalue weighted by Gasteiger charge is 2.12. The number of nitrogens with two attached hydrogens (primary N) is 1. The van der Waals surface area contributed by atoms with Crippen LogP contribution >= 0.6 is 0 Å². The Balaban J connectivity index is 2.28. The van der Waals surface area contributed by atoms with Crippen molar-refractivity contribution in [2.24, 2.45) is 11.7 Å². The summed E-state index contributed by atoms with van der Waals surface area (Å²) >= 11 is 0. The van der Waals surface area contributed by atoms with Crippen LogP contribution in [0.4, 0.5) is 5.69 Å². The molecule has 0 bridgehead atoms. The fourth-order valence-electron chi connectivity index (χ4n) is 1.84. The predicted molar refractivity (Wildman–Crippen MR) is 81.3 cm³/mol. The predicted octanol–water partition coefficient (Wildman–Crippen LogP) is 2.59. The minimum Gasteiger partial charge on any atom is -0.330 e. The normalized spacial score (nSPS) is 11.9. The van der Waals surface area contributed by atoms with E-state index in [1.807, 2.05) is 44.2 Å². The van der Waals surface area contributed by atoms with E-state index in [1.54, 1.807) is 12.4 Å². The first kappa shape index (κ1) is 14.2. The summed E-state index contributed by atoms with van der Waals surface area (Å²) in [6.07, 6.45) is 3.51. The van der Waals surface area contributed by atoms with Gasteiger partial charge in [-0.05, 0) is 41.8 Å². The third kappa shape index (κ3) is 3.22. The fraction of sp³-hybridized carbons (Fsp3) is 0.250. The van der Waals surface area contributed by atoms with E-state index in [4.69, 9.17) is 5.73 Å². The number of hydrogen-bond donors (Lipinski definition) is 2. The van der Waals surface area contributed by atoms with Gasteiger partial charge < -0.3 is 11.1 Å². The molecule has 2 aromatic rings. The molecule has 0 aliphatic rings. The number of nitrogens with zero attached hydrogens (tertiary/aromatic N) is 1. The summed E-state index contributed by atoms with van der Waals surface area (Å²) in [7, 11) is 0. The highest BCUT2D eigenvalue weighted by molar-refractivity contribution is 5.94. The number of rotatable bonds is 4. The molecular formula is C16H19N3O. The second kappa shape index (κ2) is 6.30.